The van der Waals surface area contributed by atoms with Gasteiger partial charge >= 0.3 is 0 Å². The molecule has 0 heterocycles. The molecule has 20 heavy (non-hydrogen) atoms. The zero-order chi connectivity index (χ0) is 14.7. The van der Waals surface area contributed by atoms with Crippen molar-refractivity contribution >= 4 is 17.3 Å². The molecule has 0 aliphatic rings. The van der Waals surface area contributed by atoms with Crippen LogP contribution in [-0.2, 0) is 6.54 Å². The van der Waals surface area contributed by atoms with E-state index in [1.165, 1.54) is 12.1 Å². The largest absolute Gasteiger partial charge is 0.389 e. The zero-order valence-corrected chi connectivity index (χ0v) is 12.2. The number of rotatable bonds is 4. The lowest BCUT2D eigenvalue weighted by Gasteiger charge is -2.24. The van der Waals surface area contributed by atoms with Gasteiger partial charge in [0.15, 0.2) is 0 Å². The molecule has 0 radical (unpaired) electrons. The molecule has 0 aromatic heterocycles. The first-order valence-electron chi connectivity index (χ1n) is 6.41. The summed E-state index contributed by atoms with van der Waals surface area (Å²) in [5, 5.41) is 10.5. The molecule has 0 spiro atoms. The molecule has 0 unspecified atom stereocenters. The Kier molecular flexibility index (Phi) is 4.63. The Balaban J connectivity index is 2.30. The van der Waals surface area contributed by atoms with Crippen molar-refractivity contribution in [2.45, 2.75) is 19.6 Å². The molecular weight excluding hydrogens is 277 g/mol. The van der Waals surface area contributed by atoms with Crippen LogP contribution in [0.1, 0.15) is 24.2 Å². The summed E-state index contributed by atoms with van der Waals surface area (Å²) in [5.41, 5.74) is 2.35. The minimum Gasteiger partial charge on any atom is -0.389 e. The number of aliphatic hydroxyl groups is 1. The Labute approximate surface area is 123 Å². The summed E-state index contributed by atoms with van der Waals surface area (Å²) in [5.74, 6) is -0.351. The van der Waals surface area contributed by atoms with Gasteiger partial charge in [0.05, 0.1) is 6.10 Å². The molecule has 1 atom stereocenters. The minimum absolute atomic E-state index is 0.351. The average Bonchev–Trinajstić information content (AvgIpc) is 2.41. The molecule has 0 fully saturated rings. The van der Waals surface area contributed by atoms with Crippen molar-refractivity contribution in [1.29, 1.82) is 0 Å². The van der Waals surface area contributed by atoms with Crippen LogP contribution in [0.15, 0.2) is 42.5 Å². The van der Waals surface area contributed by atoms with Gasteiger partial charge in [-0.25, -0.2) is 4.39 Å². The van der Waals surface area contributed by atoms with E-state index in [-0.39, 0.29) is 5.82 Å². The number of benzene rings is 2. The van der Waals surface area contributed by atoms with Crippen LogP contribution >= 0.6 is 11.6 Å². The Morgan fingerprint density at radius 2 is 1.95 bits per heavy atom. The highest BCUT2D eigenvalue weighted by atomic mass is 35.5. The lowest BCUT2D eigenvalue weighted by molar-refractivity contribution is 0.199. The van der Waals surface area contributed by atoms with Gasteiger partial charge in [-0.05, 0) is 36.8 Å². The second kappa shape index (κ2) is 6.25. The fourth-order valence-corrected chi connectivity index (χ4v) is 2.37. The van der Waals surface area contributed by atoms with Crippen LogP contribution in [0.2, 0.25) is 5.02 Å². The number of halogens is 2. The first kappa shape index (κ1) is 14.8. The maximum Gasteiger partial charge on any atom is 0.123 e. The second-order valence-electron chi connectivity index (χ2n) is 4.83. The first-order valence-corrected chi connectivity index (χ1v) is 6.79. The van der Waals surface area contributed by atoms with E-state index in [1.54, 1.807) is 13.0 Å². The van der Waals surface area contributed by atoms with E-state index < -0.39 is 6.10 Å². The number of hydrogen-bond donors (Lipinski definition) is 1. The lowest BCUT2D eigenvalue weighted by atomic mass is 10.1. The Morgan fingerprint density at radius 1 is 1.25 bits per heavy atom. The summed E-state index contributed by atoms with van der Waals surface area (Å²) in [6.45, 7) is 2.21. The normalized spacial score (nSPS) is 12.2. The zero-order valence-electron chi connectivity index (χ0n) is 11.5. The van der Waals surface area contributed by atoms with Crippen LogP contribution in [0, 0.1) is 5.82 Å². The molecule has 2 nitrogen and oxygen atoms in total. The number of hydrogen-bond acceptors (Lipinski definition) is 2. The molecule has 0 saturated carbocycles. The summed E-state index contributed by atoms with van der Waals surface area (Å²) < 4.78 is 13.3. The third-order valence-corrected chi connectivity index (χ3v) is 3.58. The van der Waals surface area contributed by atoms with E-state index in [4.69, 9.17) is 11.6 Å². The highest BCUT2D eigenvalue weighted by molar-refractivity contribution is 6.31. The third-order valence-electron chi connectivity index (χ3n) is 3.22. The van der Waals surface area contributed by atoms with Gasteiger partial charge in [0, 0.05) is 29.9 Å². The van der Waals surface area contributed by atoms with Crippen molar-refractivity contribution in [1.82, 2.24) is 0 Å². The SMILES string of the molecule is C[C@H](O)c1cc(F)ccc1N(C)Cc1ccccc1Cl. The van der Waals surface area contributed by atoms with Crippen LogP contribution in [0.3, 0.4) is 0 Å². The number of anilines is 1. The third kappa shape index (κ3) is 3.30. The topological polar surface area (TPSA) is 23.5 Å². The van der Waals surface area contributed by atoms with Gasteiger partial charge in [-0.1, -0.05) is 29.8 Å². The van der Waals surface area contributed by atoms with Gasteiger partial charge in [-0.2, -0.15) is 0 Å². The van der Waals surface area contributed by atoms with E-state index in [9.17, 15) is 9.50 Å². The fraction of sp³-hybridized carbons (Fsp3) is 0.250. The molecule has 0 aliphatic heterocycles. The number of aliphatic hydroxyl groups excluding tert-OH is 1. The molecule has 2 rings (SSSR count). The second-order valence-corrected chi connectivity index (χ2v) is 5.23. The Bertz CT molecular complexity index is 601. The van der Waals surface area contributed by atoms with Crippen molar-refractivity contribution < 1.29 is 9.50 Å². The van der Waals surface area contributed by atoms with Crippen LogP contribution in [0.4, 0.5) is 10.1 Å². The quantitative estimate of drug-likeness (QED) is 0.914. The highest BCUT2D eigenvalue weighted by Crippen LogP contribution is 2.28. The van der Waals surface area contributed by atoms with Crippen molar-refractivity contribution in [2.24, 2.45) is 0 Å². The van der Waals surface area contributed by atoms with E-state index in [0.29, 0.717) is 17.1 Å². The van der Waals surface area contributed by atoms with Gasteiger partial charge in [0.25, 0.3) is 0 Å². The van der Waals surface area contributed by atoms with Crippen LogP contribution in [0.25, 0.3) is 0 Å². The van der Waals surface area contributed by atoms with Gasteiger partial charge in [0.1, 0.15) is 5.82 Å². The standard InChI is InChI=1S/C16H17ClFNO/c1-11(20)14-9-13(18)7-8-16(14)19(2)10-12-5-3-4-6-15(12)17/h3-9,11,20H,10H2,1-2H3/t11-/m0/s1. The molecule has 2 aromatic carbocycles. The molecule has 0 aliphatic carbocycles. The van der Waals surface area contributed by atoms with Crippen LogP contribution < -0.4 is 4.90 Å². The average molecular weight is 294 g/mol. The molecule has 2 aromatic rings. The lowest BCUT2D eigenvalue weighted by Crippen LogP contribution is -2.19. The predicted molar refractivity (Wildman–Crippen MR) is 80.6 cm³/mol. The Hall–Kier alpha value is -1.58. The molecule has 0 bridgehead atoms. The van der Waals surface area contributed by atoms with E-state index in [0.717, 1.165) is 11.3 Å². The molecule has 1 N–H and O–H groups in total. The molecule has 106 valence electrons. The Morgan fingerprint density at radius 3 is 2.60 bits per heavy atom. The minimum atomic E-state index is -0.727. The summed E-state index contributed by atoms with van der Waals surface area (Å²) in [6.07, 6.45) is -0.727. The summed E-state index contributed by atoms with van der Waals surface area (Å²) in [4.78, 5) is 1.95. The van der Waals surface area contributed by atoms with Gasteiger partial charge < -0.3 is 10.0 Å². The molecule has 0 amide bonds. The summed E-state index contributed by atoms with van der Waals surface area (Å²) >= 11 is 6.15. The van der Waals surface area contributed by atoms with Gasteiger partial charge in [-0.3, -0.25) is 0 Å². The van der Waals surface area contributed by atoms with Gasteiger partial charge in [0.2, 0.25) is 0 Å². The number of nitrogens with zero attached hydrogens (tertiary/aromatic N) is 1. The van der Waals surface area contributed by atoms with Crippen LogP contribution in [0.5, 0.6) is 0 Å². The smallest absolute Gasteiger partial charge is 0.123 e. The predicted octanol–water partition coefficient (Wildman–Crippen LogP) is 4.17. The maximum atomic E-state index is 13.3. The summed E-state index contributed by atoms with van der Waals surface area (Å²) in [6, 6.07) is 12.0. The maximum absolute atomic E-state index is 13.3. The van der Waals surface area contributed by atoms with E-state index in [1.807, 2.05) is 36.2 Å². The van der Waals surface area contributed by atoms with Crippen molar-refractivity contribution in [3.8, 4) is 0 Å². The van der Waals surface area contributed by atoms with E-state index >= 15 is 0 Å². The van der Waals surface area contributed by atoms with Crippen molar-refractivity contribution in [2.75, 3.05) is 11.9 Å². The van der Waals surface area contributed by atoms with Crippen molar-refractivity contribution in [3.63, 3.8) is 0 Å². The highest BCUT2D eigenvalue weighted by Gasteiger charge is 2.13. The van der Waals surface area contributed by atoms with Gasteiger partial charge in [-0.15, -0.1) is 0 Å². The van der Waals surface area contributed by atoms with Crippen LogP contribution in [-0.4, -0.2) is 12.2 Å². The van der Waals surface area contributed by atoms with E-state index in [2.05, 4.69) is 0 Å². The molecule has 4 heteroatoms. The molecular formula is C16H17ClFNO. The summed E-state index contributed by atoms with van der Waals surface area (Å²) in [7, 11) is 1.89. The monoisotopic (exact) mass is 293 g/mol. The fourth-order valence-electron chi connectivity index (χ4n) is 2.17. The molecule has 0 saturated heterocycles. The van der Waals surface area contributed by atoms with Crippen molar-refractivity contribution in [3.05, 3.63) is 64.4 Å². The first-order chi connectivity index (χ1) is 9.49.